The molecule has 0 spiro atoms. The van der Waals surface area contributed by atoms with Crippen LogP contribution in [0.4, 0.5) is 11.6 Å². The van der Waals surface area contributed by atoms with Gasteiger partial charge in [-0.05, 0) is 35.2 Å². The van der Waals surface area contributed by atoms with Gasteiger partial charge >= 0.3 is 0 Å². The van der Waals surface area contributed by atoms with Gasteiger partial charge in [-0.3, -0.25) is 5.10 Å². The number of benzene rings is 1. The van der Waals surface area contributed by atoms with Gasteiger partial charge in [-0.2, -0.15) is 5.10 Å². The SMILES string of the molecule is Nc1cc(Cc2cccc(-c3cn[nH]c3)c2)cc(N)n1. The quantitative estimate of drug-likeness (QED) is 0.677. The van der Waals surface area contributed by atoms with E-state index >= 15 is 0 Å². The molecule has 0 radical (unpaired) electrons. The lowest BCUT2D eigenvalue weighted by atomic mass is 10.0. The Morgan fingerprint density at radius 2 is 1.75 bits per heavy atom. The first-order valence-corrected chi connectivity index (χ1v) is 6.31. The van der Waals surface area contributed by atoms with Crippen LogP contribution in [-0.2, 0) is 6.42 Å². The summed E-state index contributed by atoms with van der Waals surface area (Å²) in [6, 6.07) is 12.0. The molecule has 0 amide bonds. The predicted molar refractivity (Wildman–Crippen MR) is 79.9 cm³/mol. The topological polar surface area (TPSA) is 93.6 Å². The maximum Gasteiger partial charge on any atom is 0.126 e. The molecule has 0 atom stereocenters. The van der Waals surface area contributed by atoms with Gasteiger partial charge in [0.15, 0.2) is 0 Å². The molecule has 5 heteroatoms. The largest absolute Gasteiger partial charge is 0.384 e. The number of hydrogen-bond donors (Lipinski definition) is 3. The Labute approximate surface area is 116 Å². The number of hydrogen-bond acceptors (Lipinski definition) is 4. The minimum Gasteiger partial charge on any atom is -0.384 e. The van der Waals surface area contributed by atoms with Crippen LogP contribution in [0.2, 0.25) is 0 Å². The highest BCUT2D eigenvalue weighted by molar-refractivity contribution is 5.62. The number of nitrogens with two attached hydrogens (primary N) is 2. The first-order valence-electron chi connectivity index (χ1n) is 6.31. The average molecular weight is 265 g/mol. The lowest BCUT2D eigenvalue weighted by molar-refractivity contribution is 1.09. The van der Waals surface area contributed by atoms with Crippen molar-refractivity contribution in [2.75, 3.05) is 11.5 Å². The van der Waals surface area contributed by atoms with Gasteiger partial charge in [-0.25, -0.2) is 4.98 Å². The van der Waals surface area contributed by atoms with E-state index in [-0.39, 0.29) is 0 Å². The number of aromatic nitrogens is 3. The van der Waals surface area contributed by atoms with Crippen molar-refractivity contribution in [3.63, 3.8) is 0 Å². The van der Waals surface area contributed by atoms with E-state index in [4.69, 9.17) is 11.5 Å². The van der Waals surface area contributed by atoms with Crippen LogP contribution in [0.3, 0.4) is 0 Å². The Kier molecular flexibility index (Phi) is 3.09. The summed E-state index contributed by atoms with van der Waals surface area (Å²) in [6.45, 7) is 0. The molecule has 0 bridgehead atoms. The van der Waals surface area contributed by atoms with Gasteiger partial charge in [0.1, 0.15) is 11.6 Å². The van der Waals surface area contributed by atoms with Crippen molar-refractivity contribution in [2.45, 2.75) is 6.42 Å². The molecule has 3 aromatic rings. The third-order valence-corrected chi connectivity index (χ3v) is 3.09. The molecule has 0 saturated heterocycles. The normalized spacial score (nSPS) is 10.6. The summed E-state index contributed by atoms with van der Waals surface area (Å²) < 4.78 is 0. The van der Waals surface area contributed by atoms with Gasteiger partial charge in [0, 0.05) is 11.8 Å². The van der Waals surface area contributed by atoms with E-state index in [1.165, 1.54) is 5.56 Å². The summed E-state index contributed by atoms with van der Waals surface area (Å²) in [4.78, 5) is 3.98. The van der Waals surface area contributed by atoms with Crippen LogP contribution in [0.5, 0.6) is 0 Å². The van der Waals surface area contributed by atoms with Crippen molar-refractivity contribution < 1.29 is 0 Å². The number of anilines is 2. The molecule has 5 nitrogen and oxygen atoms in total. The molecule has 0 aliphatic heterocycles. The fourth-order valence-corrected chi connectivity index (χ4v) is 2.24. The van der Waals surface area contributed by atoms with Gasteiger partial charge in [0.05, 0.1) is 6.20 Å². The van der Waals surface area contributed by atoms with Crippen LogP contribution >= 0.6 is 0 Å². The van der Waals surface area contributed by atoms with E-state index < -0.39 is 0 Å². The third kappa shape index (κ3) is 2.61. The summed E-state index contributed by atoms with van der Waals surface area (Å²) in [7, 11) is 0. The molecule has 5 N–H and O–H groups in total. The Morgan fingerprint density at radius 3 is 2.45 bits per heavy atom. The van der Waals surface area contributed by atoms with Crippen LogP contribution in [0.25, 0.3) is 11.1 Å². The maximum atomic E-state index is 5.72. The third-order valence-electron chi connectivity index (χ3n) is 3.09. The monoisotopic (exact) mass is 265 g/mol. The summed E-state index contributed by atoms with van der Waals surface area (Å²) in [5.41, 5.74) is 15.9. The molecule has 0 fully saturated rings. The Morgan fingerprint density at radius 1 is 0.950 bits per heavy atom. The number of H-pyrrole nitrogens is 1. The summed E-state index contributed by atoms with van der Waals surface area (Å²) in [5, 5.41) is 6.79. The van der Waals surface area contributed by atoms with E-state index in [1.54, 1.807) is 0 Å². The lowest BCUT2D eigenvalue weighted by Crippen LogP contribution is -1.99. The van der Waals surface area contributed by atoms with Crippen molar-refractivity contribution >= 4 is 11.6 Å². The number of nitrogens with one attached hydrogen (secondary N) is 1. The van der Waals surface area contributed by atoms with Gasteiger partial charge in [-0.1, -0.05) is 24.3 Å². The smallest absolute Gasteiger partial charge is 0.126 e. The first kappa shape index (κ1) is 12.2. The predicted octanol–water partition coefficient (Wildman–Crippen LogP) is 2.23. The highest BCUT2D eigenvalue weighted by Gasteiger charge is 2.03. The van der Waals surface area contributed by atoms with Crippen molar-refractivity contribution in [2.24, 2.45) is 0 Å². The van der Waals surface area contributed by atoms with E-state index in [1.807, 2.05) is 30.6 Å². The minimum absolute atomic E-state index is 0.450. The molecule has 0 saturated carbocycles. The van der Waals surface area contributed by atoms with Crippen LogP contribution in [0.15, 0.2) is 48.8 Å². The Bertz CT molecular complexity index is 699. The molecule has 2 heterocycles. The molecule has 2 aromatic heterocycles. The molecular formula is C15H15N5. The Hall–Kier alpha value is -2.82. The van der Waals surface area contributed by atoms with Crippen molar-refractivity contribution in [1.82, 2.24) is 15.2 Å². The fraction of sp³-hybridized carbons (Fsp3) is 0.0667. The number of nitrogen functional groups attached to an aromatic ring is 2. The number of rotatable bonds is 3. The van der Waals surface area contributed by atoms with E-state index in [9.17, 15) is 0 Å². The zero-order valence-electron chi connectivity index (χ0n) is 10.9. The molecule has 0 unspecified atom stereocenters. The van der Waals surface area contributed by atoms with Gasteiger partial charge in [-0.15, -0.1) is 0 Å². The molecule has 20 heavy (non-hydrogen) atoms. The fourth-order valence-electron chi connectivity index (χ4n) is 2.24. The summed E-state index contributed by atoms with van der Waals surface area (Å²) in [5.74, 6) is 0.900. The van der Waals surface area contributed by atoms with Gasteiger partial charge in [0.25, 0.3) is 0 Å². The standard InChI is InChI=1S/C15H15N5/c16-14-6-11(7-15(17)20-14)4-10-2-1-3-12(5-10)13-8-18-19-9-13/h1-3,5-9H,4H2,(H,18,19)(H4,16,17,20). The maximum absolute atomic E-state index is 5.72. The molecule has 0 aliphatic rings. The van der Waals surface area contributed by atoms with E-state index in [0.717, 1.165) is 23.1 Å². The van der Waals surface area contributed by atoms with Crippen LogP contribution in [0.1, 0.15) is 11.1 Å². The van der Waals surface area contributed by atoms with Crippen LogP contribution in [0, 0.1) is 0 Å². The second-order valence-corrected chi connectivity index (χ2v) is 4.69. The number of aromatic amines is 1. The van der Waals surface area contributed by atoms with Crippen LogP contribution in [-0.4, -0.2) is 15.2 Å². The van der Waals surface area contributed by atoms with Crippen molar-refractivity contribution in [3.8, 4) is 11.1 Å². The minimum atomic E-state index is 0.450. The Balaban J connectivity index is 1.89. The first-order chi connectivity index (χ1) is 9.70. The van der Waals surface area contributed by atoms with E-state index in [2.05, 4.69) is 33.4 Å². The van der Waals surface area contributed by atoms with Crippen molar-refractivity contribution in [3.05, 3.63) is 59.9 Å². The summed E-state index contributed by atoms with van der Waals surface area (Å²) in [6.07, 6.45) is 4.45. The molecule has 100 valence electrons. The van der Waals surface area contributed by atoms with Crippen molar-refractivity contribution in [1.29, 1.82) is 0 Å². The second kappa shape index (κ2) is 5.05. The molecule has 3 rings (SSSR count). The molecule has 0 aliphatic carbocycles. The summed E-state index contributed by atoms with van der Waals surface area (Å²) >= 11 is 0. The highest BCUT2D eigenvalue weighted by Crippen LogP contribution is 2.21. The van der Waals surface area contributed by atoms with Gasteiger partial charge in [0.2, 0.25) is 0 Å². The second-order valence-electron chi connectivity index (χ2n) is 4.69. The lowest BCUT2D eigenvalue weighted by Gasteiger charge is -2.06. The highest BCUT2D eigenvalue weighted by atomic mass is 15.1. The zero-order valence-corrected chi connectivity index (χ0v) is 10.9. The molecular weight excluding hydrogens is 250 g/mol. The van der Waals surface area contributed by atoms with Crippen LogP contribution < -0.4 is 11.5 Å². The molecule has 1 aromatic carbocycles. The average Bonchev–Trinajstić information content (AvgIpc) is 2.91. The number of pyridine rings is 1. The van der Waals surface area contributed by atoms with Gasteiger partial charge < -0.3 is 11.5 Å². The van der Waals surface area contributed by atoms with E-state index in [0.29, 0.717) is 11.6 Å². The number of nitrogens with zero attached hydrogens (tertiary/aromatic N) is 2. The zero-order chi connectivity index (χ0) is 13.9.